The average Bonchev–Trinajstić information content (AvgIpc) is 2.66. The van der Waals surface area contributed by atoms with Gasteiger partial charge in [-0.05, 0) is 29.5 Å². The smallest absolute Gasteiger partial charge is 0.345 e. The minimum Gasteiger partial charge on any atom is -0.477 e. The van der Waals surface area contributed by atoms with Gasteiger partial charge in [0.25, 0.3) is 0 Å². The second-order valence-corrected chi connectivity index (χ2v) is 3.77. The summed E-state index contributed by atoms with van der Waals surface area (Å²) in [6.45, 7) is 5.55. The molecule has 0 aliphatic carbocycles. The van der Waals surface area contributed by atoms with Gasteiger partial charge in [0.2, 0.25) is 0 Å². The van der Waals surface area contributed by atoms with Crippen molar-refractivity contribution in [1.82, 2.24) is 0 Å². The molecule has 1 aromatic heterocycles. The third kappa shape index (κ3) is 2.92. The van der Waals surface area contributed by atoms with Crippen LogP contribution in [-0.2, 0) is 0 Å². The van der Waals surface area contributed by atoms with Crippen molar-refractivity contribution >= 4 is 22.9 Å². The van der Waals surface area contributed by atoms with E-state index in [9.17, 15) is 4.79 Å². The molecule has 0 aromatic carbocycles. The predicted octanol–water partition coefficient (Wildman–Crippen LogP) is 3.59. The first-order valence-corrected chi connectivity index (χ1v) is 5.34. The summed E-state index contributed by atoms with van der Waals surface area (Å²) in [5, 5.41) is 10.6. The van der Waals surface area contributed by atoms with Gasteiger partial charge in [0.15, 0.2) is 0 Å². The lowest BCUT2D eigenvalue weighted by atomic mass is 10.1. The molecule has 0 fully saturated rings. The zero-order valence-electron chi connectivity index (χ0n) is 8.43. The fourth-order valence-electron chi connectivity index (χ4n) is 1.15. The first-order valence-electron chi connectivity index (χ1n) is 4.46. The Morgan fingerprint density at radius 2 is 2.33 bits per heavy atom. The predicted molar refractivity (Wildman–Crippen MR) is 64.3 cm³/mol. The van der Waals surface area contributed by atoms with Crippen molar-refractivity contribution < 1.29 is 9.90 Å². The molecule has 1 N–H and O–H groups in total. The normalized spacial score (nSPS) is 11.9. The lowest BCUT2D eigenvalue weighted by molar-refractivity contribution is 0.0702. The Kier molecular flexibility index (Phi) is 4.06. The van der Waals surface area contributed by atoms with Crippen LogP contribution in [0.3, 0.4) is 0 Å². The van der Waals surface area contributed by atoms with Crippen molar-refractivity contribution in [2.45, 2.75) is 6.92 Å². The molecule has 0 bridgehead atoms. The highest BCUT2D eigenvalue weighted by molar-refractivity contribution is 7.12. The number of carboxylic acids is 1. The standard InChI is InChI=1S/C12H12O2S/c1-3-5-9(6-4-2)10-7-11(12(13)14)15-8-10/h3-8H,1H2,2H3,(H,13,14)/b6-4-,9-5+. The molecular weight excluding hydrogens is 208 g/mol. The molecule has 0 unspecified atom stereocenters. The molecule has 1 rings (SSSR count). The fraction of sp³-hybridized carbons (Fsp3) is 0.0833. The molecule has 0 saturated heterocycles. The van der Waals surface area contributed by atoms with Crippen LogP contribution in [-0.4, -0.2) is 11.1 Å². The van der Waals surface area contributed by atoms with Crippen LogP contribution in [0.25, 0.3) is 5.57 Å². The van der Waals surface area contributed by atoms with Gasteiger partial charge in [-0.25, -0.2) is 4.79 Å². The van der Waals surface area contributed by atoms with Crippen LogP contribution < -0.4 is 0 Å². The molecule has 1 heterocycles. The Hall–Kier alpha value is -1.61. The molecule has 0 spiro atoms. The second kappa shape index (κ2) is 5.32. The van der Waals surface area contributed by atoms with E-state index in [1.165, 1.54) is 11.3 Å². The van der Waals surface area contributed by atoms with Crippen molar-refractivity contribution in [3.05, 3.63) is 52.8 Å². The van der Waals surface area contributed by atoms with Crippen LogP contribution in [0, 0.1) is 0 Å². The van der Waals surface area contributed by atoms with Crippen molar-refractivity contribution in [3.63, 3.8) is 0 Å². The maximum Gasteiger partial charge on any atom is 0.345 e. The molecule has 3 heteroatoms. The van der Waals surface area contributed by atoms with E-state index in [0.29, 0.717) is 4.88 Å². The SMILES string of the molecule is C=C/C=C(\C=C/C)c1csc(C(=O)O)c1. The van der Waals surface area contributed by atoms with Gasteiger partial charge < -0.3 is 5.11 Å². The molecule has 0 aliphatic rings. The van der Waals surface area contributed by atoms with Crippen molar-refractivity contribution in [2.75, 3.05) is 0 Å². The van der Waals surface area contributed by atoms with Gasteiger partial charge in [0.1, 0.15) is 4.88 Å². The Balaban J connectivity index is 3.07. The van der Waals surface area contributed by atoms with Crippen LogP contribution in [0.2, 0.25) is 0 Å². The topological polar surface area (TPSA) is 37.3 Å². The molecule has 78 valence electrons. The third-order valence-electron chi connectivity index (χ3n) is 1.79. The van der Waals surface area contributed by atoms with E-state index in [0.717, 1.165) is 11.1 Å². The van der Waals surface area contributed by atoms with E-state index >= 15 is 0 Å². The van der Waals surface area contributed by atoms with Gasteiger partial charge >= 0.3 is 5.97 Å². The van der Waals surface area contributed by atoms with E-state index < -0.39 is 5.97 Å². The van der Waals surface area contributed by atoms with Gasteiger partial charge in [-0.2, -0.15) is 0 Å². The molecule has 0 atom stereocenters. The second-order valence-electron chi connectivity index (χ2n) is 2.86. The molecule has 1 aromatic rings. The van der Waals surface area contributed by atoms with Crippen LogP contribution in [0.1, 0.15) is 22.2 Å². The first-order chi connectivity index (χ1) is 7.19. The highest BCUT2D eigenvalue weighted by Gasteiger charge is 2.07. The molecule has 2 nitrogen and oxygen atoms in total. The van der Waals surface area contributed by atoms with Gasteiger partial charge in [0, 0.05) is 0 Å². The minimum atomic E-state index is -0.885. The summed E-state index contributed by atoms with van der Waals surface area (Å²) < 4.78 is 0. The summed E-state index contributed by atoms with van der Waals surface area (Å²) in [4.78, 5) is 11.1. The largest absolute Gasteiger partial charge is 0.477 e. The van der Waals surface area contributed by atoms with E-state index in [2.05, 4.69) is 6.58 Å². The molecule has 0 amide bonds. The van der Waals surface area contributed by atoms with E-state index in [1.54, 1.807) is 12.1 Å². The highest BCUT2D eigenvalue weighted by atomic mass is 32.1. The van der Waals surface area contributed by atoms with Crippen LogP contribution in [0.4, 0.5) is 0 Å². The van der Waals surface area contributed by atoms with Crippen LogP contribution in [0.5, 0.6) is 0 Å². The number of hydrogen-bond acceptors (Lipinski definition) is 2. The van der Waals surface area contributed by atoms with Gasteiger partial charge in [-0.1, -0.05) is 30.9 Å². The number of carboxylic acid groups (broad SMARTS) is 1. The zero-order chi connectivity index (χ0) is 11.3. The Morgan fingerprint density at radius 3 is 2.80 bits per heavy atom. The molecule has 0 radical (unpaired) electrons. The first kappa shape index (κ1) is 11.5. The summed E-state index contributed by atoms with van der Waals surface area (Å²) in [7, 11) is 0. The van der Waals surface area contributed by atoms with Gasteiger partial charge in [0.05, 0.1) is 0 Å². The van der Waals surface area contributed by atoms with Crippen molar-refractivity contribution in [1.29, 1.82) is 0 Å². The maximum atomic E-state index is 10.7. The number of rotatable bonds is 4. The number of allylic oxidation sites excluding steroid dienone is 5. The third-order valence-corrected chi connectivity index (χ3v) is 2.71. The number of carbonyl (C=O) groups is 1. The van der Waals surface area contributed by atoms with E-state index in [1.807, 2.05) is 30.5 Å². The van der Waals surface area contributed by atoms with Crippen molar-refractivity contribution in [3.8, 4) is 0 Å². The number of thiophene rings is 1. The summed E-state index contributed by atoms with van der Waals surface area (Å²) in [5.41, 5.74) is 1.88. The summed E-state index contributed by atoms with van der Waals surface area (Å²) in [6, 6.07) is 1.67. The lowest BCUT2D eigenvalue weighted by Crippen LogP contribution is -1.90. The molecule has 15 heavy (non-hydrogen) atoms. The van der Waals surface area contributed by atoms with E-state index in [-0.39, 0.29) is 0 Å². The molecular formula is C12H12O2S. The summed E-state index contributed by atoms with van der Waals surface area (Å²) in [5.74, 6) is -0.885. The zero-order valence-corrected chi connectivity index (χ0v) is 9.25. The monoisotopic (exact) mass is 220 g/mol. The van der Waals surface area contributed by atoms with Crippen molar-refractivity contribution in [2.24, 2.45) is 0 Å². The molecule has 0 saturated carbocycles. The highest BCUT2D eigenvalue weighted by Crippen LogP contribution is 2.23. The lowest BCUT2D eigenvalue weighted by Gasteiger charge is -1.95. The van der Waals surface area contributed by atoms with Crippen LogP contribution in [0.15, 0.2) is 42.3 Å². The van der Waals surface area contributed by atoms with Gasteiger partial charge in [-0.15, -0.1) is 11.3 Å². The Labute approximate surface area is 92.9 Å². The Morgan fingerprint density at radius 1 is 1.60 bits per heavy atom. The number of aromatic carboxylic acids is 1. The quantitative estimate of drug-likeness (QED) is 0.787. The molecule has 0 aliphatic heterocycles. The Bertz CT molecular complexity index is 425. The maximum absolute atomic E-state index is 10.7. The fourth-order valence-corrected chi connectivity index (χ4v) is 1.91. The number of hydrogen-bond donors (Lipinski definition) is 1. The summed E-state index contributed by atoms with van der Waals surface area (Å²) >= 11 is 1.23. The van der Waals surface area contributed by atoms with E-state index in [4.69, 9.17) is 5.11 Å². The summed E-state index contributed by atoms with van der Waals surface area (Å²) in [6.07, 6.45) is 7.38. The van der Waals surface area contributed by atoms with Gasteiger partial charge in [-0.3, -0.25) is 0 Å². The average molecular weight is 220 g/mol. The minimum absolute atomic E-state index is 0.351. The van der Waals surface area contributed by atoms with Crippen LogP contribution >= 0.6 is 11.3 Å².